The Morgan fingerprint density at radius 1 is 1.04 bits per heavy atom. The summed E-state index contributed by atoms with van der Waals surface area (Å²) in [6, 6.07) is 19.1. The minimum Gasteiger partial charge on any atom is -0.351 e. The van der Waals surface area contributed by atoms with Crippen LogP contribution in [0, 0.1) is 5.92 Å². The predicted molar refractivity (Wildman–Crippen MR) is 102 cm³/mol. The number of fused-ring (bicyclic) bond motifs is 5. The molecule has 2 atom stereocenters. The van der Waals surface area contributed by atoms with Crippen LogP contribution in [0.1, 0.15) is 26.7 Å². The predicted octanol–water partition coefficient (Wildman–Crippen LogP) is 3.86. The van der Waals surface area contributed by atoms with Crippen LogP contribution < -0.4 is 5.32 Å². The molecule has 0 aliphatic carbocycles. The lowest BCUT2D eigenvalue weighted by Crippen LogP contribution is -2.29. The smallest absolute Gasteiger partial charge is 0.261 e. The largest absolute Gasteiger partial charge is 0.351 e. The number of nitrogens with one attached hydrogen (secondary N) is 1. The average molecular weight is 348 g/mol. The Balaban J connectivity index is 1.52. The molecule has 0 spiro atoms. The lowest BCUT2D eigenvalue weighted by atomic mass is 9.88. The van der Waals surface area contributed by atoms with Crippen LogP contribution in [-0.2, 0) is 6.54 Å². The zero-order valence-electron chi connectivity index (χ0n) is 13.9. The van der Waals surface area contributed by atoms with E-state index in [1.54, 1.807) is 11.3 Å². The number of rotatable bonds is 2. The van der Waals surface area contributed by atoms with Gasteiger partial charge < -0.3 is 5.32 Å². The van der Waals surface area contributed by atoms with Crippen molar-refractivity contribution in [3.8, 4) is 0 Å². The van der Waals surface area contributed by atoms with Gasteiger partial charge in [-0.05, 0) is 28.5 Å². The lowest BCUT2D eigenvalue weighted by Gasteiger charge is -2.16. The quantitative estimate of drug-likeness (QED) is 0.763. The van der Waals surface area contributed by atoms with E-state index in [-0.39, 0.29) is 5.91 Å². The maximum Gasteiger partial charge on any atom is 0.261 e. The van der Waals surface area contributed by atoms with Gasteiger partial charge in [-0.1, -0.05) is 48.5 Å². The van der Waals surface area contributed by atoms with Gasteiger partial charge >= 0.3 is 0 Å². The Bertz CT molecular complexity index is 933. The number of carbonyl (C=O) groups is 1. The Morgan fingerprint density at radius 3 is 2.72 bits per heavy atom. The Labute approximate surface area is 151 Å². The second kappa shape index (κ2) is 5.97. The van der Waals surface area contributed by atoms with E-state index >= 15 is 0 Å². The van der Waals surface area contributed by atoms with Gasteiger partial charge in [-0.2, -0.15) is 0 Å². The molecule has 1 amide bonds. The molecule has 2 aromatic carbocycles. The van der Waals surface area contributed by atoms with Gasteiger partial charge in [-0.25, -0.2) is 0 Å². The summed E-state index contributed by atoms with van der Waals surface area (Å²) in [5.41, 5.74) is 2.65. The molecule has 4 heteroatoms. The third-order valence-corrected chi connectivity index (χ3v) is 6.69. The van der Waals surface area contributed by atoms with Crippen LogP contribution >= 0.6 is 11.3 Å². The summed E-state index contributed by atoms with van der Waals surface area (Å²) in [6.07, 6.45) is 0. The minimum absolute atomic E-state index is 0.111. The van der Waals surface area contributed by atoms with Gasteiger partial charge in [0.25, 0.3) is 5.91 Å². The van der Waals surface area contributed by atoms with Crippen LogP contribution in [0.5, 0.6) is 0 Å². The molecule has 1 N–H and O–H groups in total. The Hall–Kier alpha value is -2.17. The summed E-state index contributed by atoms with van der Waals surface area (Å²) in [5.74, 6) is 1.04. The number of hydrogen-bond donors (Lipinski definition) is 1. The molecule has 3 nitrogen and oxygen atoms in total. The van der Waals surface area contributed by atoms with Crippen molar-refractivity contribution in [3.05, 3.63) is 70.6 Å². The number of carbonyl (C=O) groups excluding carboxylic acids is 1. The number of hydrogen-bond acceptors (Lipinski definition) is 3. The molecule has 2 aliphatic heterocycles. The van der Waals surface area contributed by atoms with Gasteiger partial charge in [-0.3, -0.25) is 9.69 Å². The first-order chi connectivity index (χ1) is 12.3. The van der Waals surface area contributed by atoms with Gasteiger partial charge in [0.1, 0.15) is 0 Å². The highest BCUT2D eigenvalue weighted by Crippen LogP contribution is 2.43. The molecular weight excluding hydrogens is 328 g/mol. The van der Waals surface area contributed by atoms with Crippen molar-refractivity contribution >= 4 is 27.3 Å². The van der Waals surface area contributed by atoms with Crippen molar-refractivity contribution in [3.63, 3.8) is 0 Å². The van der Waals surface area contributed by atoms with Crippen molar-refractivity contribution < 1.29 is 4.79 Å². The molecule has 0 saturated carbocycles. The number of amides is 1. The molecule has 1 aromatic heterocycles. The van der Waals surface area contributed by atoms with Crippen LogP contribution in [-0.4, -0.2) is 30.4 Å². The first-order valence-electron chi connectivity index (χ1n) is 8.85. The van der Waals surface area contributed by atoms with Crippen LogP contribution in [0.15, 0.2) is 54.6 Å². The summed E-state index contributed by atoms with van der Waals surface area (Å²) in [5, 5.41) is 4.44. The molecule has 0 radical (unpaired) electrons. The molecule has 5 rings (SSSR count). The monoisotopic (exact) mass is 348 g/mol. The molecule has 25 heavy (non-hydrogen) atoms. The summed E-state index contributed by atoms with van der Waals surface area (Å²) in [4.78, 5) is 16.0. The van der Waals surface area contributed by atoms with Gasteiger partial charge in [0.15, 0.2) is 0 Å². The molecule has 3 aromatic rings. The van der Waals surface area contributed by atoms with Gasteiger partial charge in [0.05, 0.1) is 4.88 Å². The number of likely N-dealkylation sites (tertiary alicyclic amines) is 1. The summed E-state index contributed by atoms with van der Waals surface area (Å²) in [7, 11) is 0. The van der Waals surface area contributed by atoms with Gasteiger partial charge in [0.2, 0.25) is 0 Å². The fraction of sp³-hybridized carbons (Fsp3) is 0.286. The third-order valence-electron chi connectivity index (χ3n) is 5.50. The van der Waals surface area contributed by atoms with Gasteiger partial charge in [0, 0.05) is 36.8 Å². The van der Waals surface area contributed by atoms with E-state index in [2.05, 4.69) is 64.8 Å². The fourth-order valence-corrected chi connectivity index (χ4v) is 5.56. The van der Waals surface area contributed by atoms with Crippen LogP contribution in [0.2, 0.25) is 0 Å². The first-order valence-corrected chi connectivity index (χ1v) is 9.67. The highest BCUT2D eigenvalue weighted by molar-refractivity contribution is 7.21. The van der Waals surface area contributed by atoms with Crippen LogP contribution in [0.4, 0.5) is 0 Å². The number of nitrogens with zero attached hydrogens (tertiary/aromatic N) is 1. The molecule has 3 heterocycles. The molecule has 2 aliphatic rings. The van der Waals surface area contributed by atoms with Crippen LogP contribution in [0.25, 0.3) is 10.1 Å². The minimum atomic E-state index is 0.111. The van der Waals surface area contributed by atoms with E-state index in [1.807, 2.05) is 0 Å². The Kier molecular flexibility index (Phi) is 3.61. The zero-order valence-corrected chi connectivity index (χ0v) is 14.8. The number of benzene rings is 2. The van der Waals surface area contributed by atoms with E-state index < -0.39 is 0 Å². The van der Waals surface area contributed by atoms with Gasteiger partial charge in [-0.15, -0.1) is 11.3 Å². The summed E-state index contributed by atoms with van der Waals surface area (Å²) in [6.45, 7) is 3.84. The van der Waals surface area contributed by atoms with Crippen molar-refractivity contribution in [1.82, 2.24) is 10.2 Å². The first kappa shape index (κ1) is 15.1. The SMILES string of the molecule is O=C1NC[C@H]2CN(Cc3ccccc3)C[C@@H]2c2c1sc1ccccc21. The van der Waals surface area contributed by atoms with Crippen molar-refractivity contribution in [2.24, 2.45) is 5.92 Å². The summed E-state index contributed by atoms with van der Waals surface area (Å²) >= 11 is 1.64. The normalized spacial score (nSPS) is 23.1. The molecule has 126 valence electrons. The van der Waals surface area contributed by atoms with E-state index in [0.717, 1.165) is 31.1 Å². The van der Waals surface area contributed by atoms with E-state index in [9.17, 15) is 4.79 Å². The van der Waals surface area contributed by atoms with Crippen molar-refractivity contribution in [2.75, 3.05) is 19.6 Å². The van der Waals surface area contributed by atoms with E-state index in [1.165, 1.54) is 21.2 Å². The fourth-order valence-electron chi connectivity index (χ4n) is 4.37. The average Bonchev–Trinajstić information content (AvgIpc) is 3.18. The van der Waals surface area contributed by atoms with Crippen molar-refractivity contribution in [1.29, 1.82) is 0 Å². The molecule has 1 fully saturated rings. The molecular formula is C21H20N2OS. The molecule has 0 bridgehead atoms. The van der Waals surface area contributed by atoms with E-state index in [4.69, 9.17) is 0 Å². The molecule has 1 saturated heterocycles. The summed E-state index contributed by atoms with van der Waals surface area (Å²) < 4.78 is 1.23. The second-order valence-corrected chi connectivity index (χ2v) is 8.15. The maximum atomic E-state index is 12.6. The van der Waals surface area contributed by atoms with Crippen molar-refractivity contribution in [2.45, 2.75) is 12.5 Å². The lowest BCUT2D eigenvalue weighted by molar-refractivity contribution is 0.0955. The molecule has 0 unspecified atom stereocenters. The third kappa shape index (κ3) is 2.57. The number of thiophene rings is 1. The topological polar surface area (TPSA) is 32.3 Å². The second-order valence-electron chi connectivity index (χ2n) is 7.10. The Morgan fingerprint density at radius 2 is 1.84 bits per heavy atom. The van der Waals surface area contributed by atoms with Crippen LogP contribution in [0.3, 0.4) is 0 Å². The zero-order chi connectivity index (χ0) is 16.8. The standard InChI is InChI=1S/C21H20N2OS/c24-21-20-19(16-8-4-5-9-18(16)25-20)17-13-23(12-15(17)10-22-21)11-14-6-2-1-3-7-14/h1-9,15,17H,10-13H2,(H,22,24)/t15-,17-/m0/s1. The van der Waals surface area contributed by atoms with E-state index in [0.29, 0.717) is 11.8 Å². The highest BCUT2D eigenvalue weighted by Gasteiger charge is 2.39. The maximum absolute atomic E-state index is 12.6. The highest BCUT2D eigenvalue weighted by atomic mass is 32.1.